The van der Waals surface area contributed by atoms with Gasteiger partial charge in [-0.25, -0.2) is 0 Å². The summed E-state index contributed by atoms with van der Waals surface area (Å²) < 4.78 is 12.3. The van der Waals surface area contributed by atoms with Crippen molar-refractivity contribution in [2.45, 2.75) is 6.04 Å². The van der Waals surface area contributed by atoms with Crippen molar-refractivity contribution in [3.63, 3.8) is 0 Å². The maximum atomic E-state index is 5.80. The van der Waals surface area contributed by atoms with Gasteiger partial charge >= 0.3 is 0 Å². The standard InChI is InChI=1S/C13H15N3O2/c1-17-13-4-9(2-3-12(13)14)10-5-15-16(6-10)11-7-18-8-11/h2-6,11H,7-8,14H2,1H3. The van der Waals surface area contributed by atoms with E-state index in [9.17, 15) is 0 Å². The monoisotopic (exact) mass is 245 g/mol. The van der Waals surface area contributed by atoms with Gasteiger partial charge in [-0.15, -0.1) is 0 Å². The molecular formula is C13H15N3O2. The van der Waals surface area contributed by atoms with Crippen molar-refractivity contribution >= 4 is 5.69 Å². The second-order valence-corrected chi connectivity index (χ2v) is 4.36. The lowest BCUT2D eigenvalue weighted by atomic mass is 10.1. The molecule has 0 atom stereocenters. The zero-order chi connectivity index (χ0) is 12.5. The molecule has 0 aliphatic carbocycles. The second kappa shape index (κ2) is 4.34. The van der Waals surface area contributed by atoms with E-state index in [1.165, 1.54) is 0 Å². The number of anilines is 1. The van der Waals surface area contributed by atoms with Gasteiger partial charge in [-0.1, -0.05) is 6.07 Å². The van der Waals surface area contributed by atoms with E-state index < -0.39 is 0 Å². The predicted octanol–water partition coefficient (Wildman–Crippen LogP) is 1.71. The van der Waals surface area contributed by atoms with Gasteiger partial charge < -0.3 is 15.2 Å². The van der Waals surface area contributed by atoms with Crippen LogP contribution in [0.3, 0.4) is 0 Å². The van der Waals surface area contributed by atoms with Gasteiger partial charge in [-0.2, -0.15) is 5.10 Å². The molecule has 1 aromatic carbocycles. The SMILES string of the molecule is COc1cc(-c2cnn(C3COC3)c2)ccc1N. The lowest BCUT2D eigenvalue weighted by Gasteiger charge is -2.25. The highest BCUT2D eigenvalue weighted by molar-refractivity contribution is 5.68. The lowest BCUT2D eigenvalue weighted by molar-refractivity contribution is -0.0286. The molecule has 1 saturated heterocycles. The third-order valence-electron chi connectivity index (χ3n) is 3.16. The van der Waals surface area contributed by atoms with Gasteiger partial charge in [0.2, 0.25) is 0 Å². The van der Waals surface area contributed by atoms with E-state index >= 15 is 0 Å². The van der Waals surface area contributed by atoms with Gasteiger partial charge in [0.05, 0.1) is 38.2 Å². The van der Waals surface area contributed by atoms with Crippen LogP contribution in [0.25, 0.3) is 11.1 Å². The zero-order valence-electron chi connectivity index (χ0n) is 10.2. The van der Waals surface area contributed by atoms with Crippen molar-refractivity contribution in [2.24, 2.45) is 0 Å². The topological polar surface area (TPSA) is 62.3 Å². The molecule has 0 unspecified atom stereocenters. The van der Waals surface area contributed by atoms with E-state index in [1.54, 1.807) is 7.11 Å². The highest BCUT2D eigenvalue weighted by Crippen LogP contribution is 2.29. The van der Waals surface area contributed by atoms with Crippen LogP contribution in [0, 0.1) is 0 Å². The summed E-state index contributed by atoms with van der Waals surface area (Å²) in [6, 6.07) is 6.11. The first-order chi connectivity index (χ1) is 8.78. The molecule has 0 bridgehead atoms. The first kappa shape index (κ1) is 11.1. The Morgan fingerprint density at radius 1 is 1.39 bits per heavy atom. The first-order valence-electron chi connectivity index (χ1n) is 5.83. The van der Waals surface area contributed by atoms with E-state index in [0.29, 0.717) is 17.5 Å². The van der Waals surface area contributed by atoms with Gasteiger partial charge in [-0.3, -0.25) is 4.68 Å². The summed E-state index contributed by atoms with van der Waals surface area (Å²) >= 11 is 0. The largest absolute Gasteiger partial charge is 0.495 e. The minimum Gasteiger partial charge on any atom is -0.495 e. The van der Waals surface area contributed by atoms with Crippen molar-refractivity contribution in [3.05, 3.63) is 30.6 Å². The lowest BCUT2D eigenvalue weighted by Crippen LogP contribution is -2.30. The summed E-state index contributed by atoms with van der Waals surface area (Å²) in [6.45, 7) is 1.48. The number of rotatable bonds is 3. The van der Waals surface area contributed by atoms with Gasteiger partial charge in [0.1, 0.15) is 5.75 Å². The molecule has 1 aromatic heterocycles. The van der Waals surface area contributed by atoms with Gasteiger partial charge in [0, 0.05) is 11.8 Å². The number of hydrogen-bond donors (Lipinski definition) is 1. The van der Waals surface area contributed by atoms with Crippen LogP contribution < -0.4 is 10.5 Å². The summed E-state index contributed by atoms with van der Waals surface area (Å²) in [5, 5.41) is 4.36. The molecule has 5 heteroatoms. The summed E-state index contributed by atoms with van der Waals surface area (Å²) in [7, 11) is 1.62. The summed E-state index contributed by atoms with van der Waals surface area (Å²) in [5.74, 6) is 0.687. The van der Waals surface area contributed by atoms with E-state index in [4.69, 9.17) is 15.2 Å². The van der Waals surface area contributed by atoms with Crippen LogP contribution in [-0.4, -0.2) is 30.1 Å². The van der Waals surface area contributed by atoms with E-state index in [2.05, 4.69) is 5.10 Å². The fourth-order valence-corrected chi connectivity index (χ4v) is 1.95. The Morgan fingerprint density at radius 2 is 2.22 bits per heavy atom. The van der Waals surface area contributed by atoms with Crippen LogP contribution >= 0.6 is 0 Å². The van der Waals surface area contributed by atoms with Crippen LogP contribution in [0.2, 0.25) is 0 Å². The molecule has 0 spiro atoms. The zero-order valence-corrected chi connectivity index (χ0v) is 10.2. The summed E-state index contributed by atoms with van der Waals surface area (Å²) in [6.07, 6.45) is 3.88. The molecule has 0 radical (unpaired) electrons. The fraction of sp³-hybridized carbons (Fsp3) is 0.308. The normalized spacial score (nSPS) is 15.4. The van der Waals surface area contributed by atoms with Gasteiger partial charge in [0.15, 0.2) is 0 Å². The number of hydrogen-bond acceptors (Lipinski definition) is 4. The van der Waals surface area contributed by atoms with Crippen molar-refractivity contribution in [1.82, 2.24) is 9.78 Å². The number of nitrogens with two attached hydrogens (primary N) is 1. The van der Waals surface area contributed by atoms with Crippen molar-refractivity contribution in [1.29, 1.82) is 0 Å². The molecule has 2 heterocycles. The first-order valence-corrected chi connectivity index (χ1v) is 5.83. The second-order valence-electron chi connectivity index (χ2n) is 4.36. The summed E-state index contributed by atoms with van der Waals surface area (Å²) in [5.41, 5.74) is 8.54. The number of benzene rings is 1. The quantitative estimate of drug-likeness (QED) is 0.836. The van der Waals surface area contributed by atoms with Crippen LogP contribution in [0.15, 0.2) is 30.6 Å². The molecule has 0 saturated carbocycles. The molecule has 1 aliphatic heterocycles. The van der Waals surface area contributed by atoms with Gasteiger partial charge in [0.25, 0.3) is 0 Å². The predicted molar refractivity (Wildman–Crippen MR) is 68.5 cm³/mol. The Morgan fingerprint density at radius 3 is 2.89 bits per heavy atom. The Balaban J connectivity index is 1.91. The molecule has 5 nitrogen and oxygen atoms in total. The molecule has 2 N–H and O–H groups in total. The van der Waals surface area contributed by atoms with E-state index in [0.717, 1.165) is 24.3 Å². The minimum atomic E-state index is 0.370. The maximum absolute atomic E-state index is 5.80. The fourth-order valence-electron chi connectivity index (χ4n) is 1.95. The van der Waals surface area contributed by atoms with Crippen LogP contribution in [0.1, 0.15) is 6.04 Å². The third kappa shape index (κ3) is 1.82. The average molecular weight is 245 g/mol. The summed E-state index contributed by atoms with van der Waals surface area (Å²) in [4.78, 5) is 0. The molecule has 2 aromatic rings. The number of methoxy groups -OCH3 is 1. The molecule has 1 fully saturated rings. The van der Waals surface area contributed by atoms with E-state index in [1.807, 2.05) is 35.3 Å². The third-order valence-corrected chi connectivity index (χ3v) is 3.16. The Labute approximate surface area is 105 Å². The minimum absolute atomic E-state index is 0.370. The van der Waals surface area contributed by atoms with Crippen molar-refractivity contribution < 1.29 is 9.47 Å². The van der Waals surface area contributed by atoms with Crippen LogP contribution in [0.5, 0.6) is 5.75 Å². The molecule has 94 valence electrons. The van der Waals surface area contributed by atoms with Crippen LogP contribution in [0.4, 0.5) is 5.69 Å². The Hall–Kier alpha value is -2.01. The molecular weight excluding hydrogens is 230 g/mol. The van der Waals surface area contributed by atoms with Gasteiger partial charge in [-0.05, 0) is 17.7 Å². The Bertz CT molecular complexity index is 561. The highest BCUT2D eigenvalue weighted by atomic mass is 16.5. The number of aromatic nitrogens is 2. The van der Waals surface area contributed by atoms with Crippen LogP contribution in [-0.2, 0) is 4.74 Å². The molecule has 1 aliphatic rings. The number of nitrogens with zero attached hydrogens (tertiary/aromatic N) is 2. The highest BCUT2D eigenvalue weighted by Gasteiger charge is 2.21. The molecule has 3 rings (SSSR count). The average Bonchev–Trinajstić information content (AvgIpc) is 2.76. The maximum Gasteiger partial charge on any atom is 0.142 e. The number of nitrogen functional groups attached to an aromatic ring is 1. The molecule has 18 heavy (non-hydrogen) atoms. The molecule has 0 amide bonds. The Kier molecular flexibility index (Phi) is 2.68. The number of ether oxygens (including phenoxy) is 2. The van der Waals surface area contributed by atoms with Crippen molar-refractivity contribution in [2.75, 3.05) is 26.1 Å². The smallest absolute Gasteiger partial charge is 0.142 e. The van der Waals surface area contributed by atoms with E-state index in [-0.39, 0.29) is 0 Å². The van der Waals surface area contributed by atoms with Crippen molar-refractivity contribution in [3.8, 4) is 16.9 Å².